The molecule has 0 spiro atoms. The first-order chi connectivity index (χ1) is 13.6. The summed E-state index contributed by atoms with van der Waals surface area (Å²) < 4.78 is 0. The van der Waals surface area contributed by atoms with Crippen LogP contribution in [0.15, 0.2) is 0 Å². The first kappa shape index (κ1) is 30.3. The molecule has 7 unspecified atom stereocenters. The van der Waals surface area contributed by atoms with Crippen molar-refractivity contribution in [2.75, 3.05) is 0 Å². The van der Waals surface area contributed by atoms with Gasteiger partial charge >= 0.3 is 0 Å². The summed E-state index contributed by atoms with van der Waals surface area (Å²) in [5.74, 6) is 1.48. The van der Waals surface area contributed by atoms with Gasteiger partial charge in [-0.1, -0.05) is 106 Å². The molecule has 0 rings (SSSR count). The second-order valence-corrected chi connectivity index (χ2v) is 13.1. The van der Waals surface area contributed by atoms with Gasteiger partial charge in [0.05, 0.1) is 0 Å². The SMILES string of the molecule is CCCCC(C)C(P)(CCCC)C(P)(CCC)C(P)(CCCC)C(C)CCCC. The highest BCUT2D eigenvalue weighted by molar-refractivity contribution is 7.28. The second-order valence-electron chi connectivity index (χ2n) is 10.1. The molecule has 0 bridgehead atoms. The van der Waals surface area contributed by atoms with E-state index in [1.54, 1.807) is 0 Å². The topological polar surface area (TPSA) is 0 Å². The minimum atomic E-state index is 0.245. The van der Waals surface area contributed by atoms with E-state index >= 15 is 0 Å². The Balaban J connectivity index is 6.37. The summed E-state index contributed by atoms with van der Waals surface area (Å²) in [6.07, 6.45) is 18.6. The Hall–Kier alpha value is 1.29. The van der Waals surface area contributed by atoms with Gasteiger partial charge in [0.1, 0.15) is 0 Å². The van der Waals surface area contributed by atoms with Crippen molar-refractivity contribution in [2.24, 2.45) is 11.8 Å². The summed E-state index contributed by atoms with van der Waals surface area (Å²) in [4.78, 5) is 0. The van der Waals surface area contributed by atoms with Crippen molar-refractivity contribution in [1.29, 1.82) is 0 Å². The van der Waals surface area contributed by atoms with Gasteiger partial charge in [-0.3, -0.25) is 0 Å². The highest BCUT2D eigenvalue weighted by atomic mass is 31.0. The average Bonchev–Trinajstić information content (AvgIpc) is 2.71. The minimum absolute atomic E-state index is 0.245. The third kappa shape index (κ3) is 7.68. The maximum atomic E-state index is 3.54. The highest BCUT2D eigenvalue weighted by Crippen LogP contribution is 2.63. The summed E-state index contributed by atoms with van der Waals surface area (Å²) in [7, 11) is 10.6. The Labute approximate surface area is 193 Å². The van der Waals surface area contributed by atoms with Crippen LogP contribution in [0.1, 0.15) is 138 Å². The third-order valence-electron chi connectivity index (χ3n) is 7.93. The van der Waals surface area contributed by atoms with Crippen LogP contribution in [-0.4, -0.2) is 15.5 Å². The van der Waals surface area contributed by atoms with E-state index in [2.05, 4.69) is 76.2 Å². The van der Waals surface area contributed by atoms with Gasteiger partial charge in [0.2, 0.25) is 0 Å². The molecule has 0 aromatic carbocycles. The summed E-state index contributed by atoms with van der Waals surface area (Å²) >= 11 is 0. The number of unbranched alkanes of at least 4 members (excludes halogenated alkanes) is 4. The number of hydrogen-bond donors (Lipinski definition) is 0. The number of rotatable bonds is 18. The van der Waals surface area contributed by atoms with E-state index < -0.39 is 0 Å². The molecule has 0 fully saturated rings. The minimum Gasteiger partial charge on any atom is -0.130 e. The van der Waals surface area contributed by atoms with E-state index in [0.717, 1.165) is 11.8 Å². The highest BCUT2D eigenvalue weighted by Gasteiger charge is 2.58. The fraction of sp³-hybridized carbons (Fsp3) is 1.00. The normalized spacial score (nSPS) is 20.5. The van der Waals surface area contributed by atoms with Crippen molar-refractivity contribution in [2.45, 2.75) is 154 Å². The van der Waals surface area contributed by atoms with E-state index in [1.165, 1.54) is 89.9 Å². The lowest BCUT2D eigenvalue weighted by molar-refractivity contribution is 0.168. The van der Waals surface area contributed by atoms with Crippen molar-refractivity contribution in [3.8, 4) is 0 Å². The van der Waals surface area contributed by atoms with Gasteiger partial charge in [-0.05, 0) is 54.3 Å². The standard InChI is InChI=1S/C26H57P3/c1-8-13-17-22(6)24(27,20-15-10-3)26(29,19-12-5)25(28,21-16-11-4)23(7)18-14-9-2/h22-23H,8-21,27-29H2,1-7H3. The maximum absolute atomic E-state index is 3.54. The summed E-state index contributed by atoms with van der Waals surface area (Å²) in [5.41, 5.74) is 0. The zero-order chi connectivity index (χ0) is 22.6. The van der Waals surface area contributed by atoms with E-state index in [1.807, 2.05) is 0 Å². The van der Waals surface area contributed by atoms with Crippen LogP contribution in [0.2, 0.25) is 0 Å². The molecule has 0 aliphatic rings. The fourth-order valence-electron chi connectivity index (χ4n) is 5.59. The fourth-order valence-corrected chi connectivity index (χ4v) is 8.47. The zero-order valence-electron chi connectivity index (χ0n) is 21.3. The van der Waals surface area contributed by atoms with Crippen LogP contribution in [0, 0.1) is 11.8 Å². The predicted octanol–water partition coefficient (Wildman–Crippen LogP) is 9.66. The summed E-state index contributed by atoms with van der Waals surface area (Å²) in [5, 5.41) is 0.818. The molecule has 0 N–H and O–H groups in total. The van der Waals surface area contributed by atoms with Crippen LogP contribution < -0.4 is 0 Å². The predicted molar refractivity (Wildman–Crippen MR) is 149 cm³/mol. The molecule has 29 heavy (non-hydrogen) atoms. The second kappa shape index (κ2) is 15.2. The van der Waals surface area contributed by atoms with Crippen LogP contribution in [0.5, 0.6) is 0 Å². The quantitative estimate of drug-likeness (QED) is 0.178. The lowest BCUT2D eigenvalue weighted by atomic mass is 9.62. The Bertz CT molecular complexity index is 379. The van der Waals surface area contributed by atoms with Crippen LogP contribution in [-0.2, 0) is 0 Å². The van der Waals surface area contributed by atoms with Gasteiger partial charge < -0.3 is 0 Å². The van der Waals surface area contributed by atoms with Crippen molar-refractivity contribution < 1.29 is 0 Å². The lowest BCUT2D eigenvalue weighted by Gasteiger charge is -2.61. The van der Waals surface area contributed by atoms with Crippen LogP contribution in [0.3, 0.4) is 0 Å². The van der Waals surface area contributed by atoms with Crippen LogP contribution in [0.4, 0.5) is 0 Å². The van der Waals surface area contributed by atoms with Gasteiger partial charge in [0.25, 0.3) is 0 Å². The maximum Gasteiger partial charge on any atom is 0.00354 e. The zero-order valence-corrected chi connectivity index (χ0v) is 24.8. The smallest absolute Gasteiger partial charge is 0.00354 e. The van der Waals surface area contributed by atoms with Crippen molar-refractivity contribution in [1.82, 2.24) is 0 Å². The molecule has 0 aromatic heterocycles. The molecular weight excluding hydrogens is 405 g/mol. The molecule has 0 saturated carbocycles. The monoisotopic (exact) mass is 462 g/mol. The third-order valence-corrected chi connectivity index (χ3v) is 12.7. The molecule has 0 radical (unpaired) electrons. The summed E-state index contributed by atoms with van der Waals surface area (Å²) in [6.45, 7) is 16.9. The van der Waals surface area contributed by atoms with E-state index in [9.17, 15) is 0 Å². The van der Waals surface area contributed by atoms with Crippen LogP contribution in [0.25, 0.3) is 0 Å². The molecule has 0 nitrogen and oxygen atoms in total. The molecule has 3 heteroatoms. The number of hydrogen-bond acceptors (Lipinski definition) is 0. The molecule has 7 atom stereocenters. The van der Waals surface area contributed by atoms with Gasteiger partial charge in [0, 0.05) is 5.16 Å². The Morgan fingerprint density at radius 1 is 0.517 bits per heavy atom. The molecule has 0 aliphatic heterocycles. The van der Waals surface area contributed by atoms with Crippen LogP contribution >= 0.6 is 27.7 Å². The molecular formula is C26H57P3. The van der Waals surface area contributed by atoms with Gasteiger partial charge in [-0.15, -0.1) is 27.7 Å². The van der Waals surface area contributed by atoms with Crippen molar-refractivity contribution in [3.05, 3.63) is 0 Å². The van der Waals surface area contributed by atoms with E-state index in [0.29, 0.717) is 0 Å². The molecule has 0 amide bonds. The molecule has 0 aromatic rings. The molecule has 0 saturated heterocycles. The molecule has 176 valence electrons. The molecule has 0 aliphatic carbocycles. The van der Waals surface area contributed by atoms with Crippen molar-refractivity contribution in [3.63, 3.8) is 0 Å². The van der Waals surface area contributed by atoms with Gasteiger partial charge in [-0.2, -0.15) is 0 Å². The summed E-state index contributed by atoms with van der Waals surface area (Å²) in [6, 6.07) is 0. The largest absolute Gasteiger partial charge is 0.130 e. The Morgan fingerprint density at radius 3 is 1.14 bits per heavy atom. The van der Waals surface area contributed by atoms with Gasteiger partial charge in [-0.25, -0.2) is 0 Å². The molecule has 0 heterocycles. The lowest BCUT2D eigenvalue weighted by Crippen LogP contribution is -2.63. The first-order valence-electron chi connectivity index (χ1n) is 13.0. The van der Waals surface area contributed by atoms with Gasteiger partial charge in [0.15, 0.2) is 0 Å². The van der Waals surface area contributed by atoms with Crippen molar-refractivity contribution >= 4 is 27.7 Å². The first-order valence-corrected chi connectivity index (χ1v) is 14.7. The van der Waals surface area contributed by atoms with E-state index in [-0.39, 0.29) is 15.5 Å². The Kier molecular flexibility index (Phi) is 15.9. The van der Waals surface area contributed by atoms with E-state index in [4.69, 9.17) is 0 Å². The Morgan fingerprint density at radius 2 is 0.862 bits per heavy atom. The average molecular weight is 463 g/mol.